The van der Waals surface area contributed by atoms with E-state index >= 15 is 0 Å². The van der Waals surface area contributed by atoms with Gasteiger partial charge in [0.15, 0.2) is 0 Å². The quantitative estimate of drug-likeness (QED) is 0.826. The standard InChI is InChI=1S/C17H23N3O3/c1-12(2)17(23)20-10-8-14(9-11-20)16(22)19-18-15(21)13-6-4-3-5-7-13/h3-7,12,14H,8-11H2,1-2H3,(H,18,21)(H,19,22). The van der Waals surface area contributed by atoms with E-state index in [4.69, 9.17) is 0 Å². The highest BCUT2D eigenvalue weighted by molar-refractivity contribution is 5.95. The maximum absolute atomic E-state index is 12.1. The third-order valence-corrected chi connectivity index (χ3v) is 4.01. The van der Waals surface area contributed by atoms with Crippen molar-refractivity contribution in [1.29, 1.82) is 0 Å². The maximum Gasteiger partial charge on any atom is 0.269 e. The number of hydrazine groups is 1. The average Bonchev–Trinajstić information content (AvgIpc) is 2.59. The van der Waals surface area contributed by atoms with E-state index in [9.17, 15) is 14.4 Å². The Morgan fingerprint density at radius 1 is 1.04 bits per heavy atom. The van der Waals surface area contributed by atoms with Gasteiger partial charge in [0.2, 0.25) is 11.8 Å². The topological polar surface area (TPSA) is 78.5 Å². The molecule has 1 fully saturated rings. The molecule has 1 aliphatic rings. The lowest BCUT2D eigenvalue weighted by atomic mass is 9.95. The second kappa shape index (κ2) is 7.76. The van der Waals surface area contributed by atoms with Gasteiger partial charge in [-0.05, 0) is 25.0 Å². The number of amides is 3. The Hall–Kier alpha value is -2.37. The Bertz CT molecular complexity index is 564. The van der Waals surface area contributed by atoms with E-state index < -0.39 is 0 Å². The number of hydrogen-bond donors (Lipinski definition) is 2. The molecule has 0 unspecified atom stereocenters. The van der Waals surface area contributed by atoms with Gasteiger partial charge in [-0.1, -0.05) is 32.0 Å². The highest BCUT2D eigenvalue weighted by atomic mass is 16.2. The van der Waals surface area contributed by atoms with Gasteiger partial charge in [-0.25, -0.2) is 0 Å². The Morgan fingerprint density at radius 3 is 2.22 bits per heavy atom. The van der Waals surface area contributed by atoms with Crippen LogP contribution in [0, 0.1) is 11.8 Å². The van der Waals surface area contributed by atoms with Gasteiger partial charge < -0.3 is 4.90 Å². The van der Waals surface area contributed by atoms with Gasteiger partial charge in [0.05, 0.1) is 0 Å². The SMILES string of the molecule is CC(C)C(=O)N1CCC(C(=O)NNC(=O)c2ccccc2)CC1. The highest BCUT2D eigenvalue weighted by Gasteiger charge is 2.28. The van der Waals surface area contributed by atoms with Crippen LogP contribution in [0.3, 0.4) is 0 Å². The fraction of sp³-hybridized carbons (Fsp3) is 0.471. The van der Waals surface area contributed by atoms with Crippen molar-refractivity contribution >= 4 is 17.7 Å². The molecule has 1 aromatic carbocycles. The predicted octanol–water partition coefficient (Wildman–Crippen LogP) is 1.34. The lowest BCUT2D eigenvalue weighted by Crippen LogP contribution is -2.48. The molecule has 2 rings (SSSR count). The first-order valence-corrected chi connectivity index (χ1v) is 7.93. The van der Waals surface area contributed by atoms with Crippen LogP contribution in [0.15, 0.2) is 30.3 Å². The largest absolute Gasteiger partial charge is 0.342 e. The van der Waals surface area contributed by atoms with Crippen molar-refractivity contribution in [1.82, 2.24) is 15.8 Å². The van der Waals surface area contributed by atoms with Crippen LogP contribution in [0.1, 0.15) is 37.0 Å². The van der Waals surface area contributed by atoms with Gasteiger partial charge in [-0.3, -0.25) is 25.2 Å². The molecule has 2 N–H and O–H groups in total. The summed E-state index contributed by atoms with van der Waals surface area (Å²) in [5.74, 6) is -0.619. The number of rotatable bonds is 3. The molecular formula is C17H23N3O3. The smallest absolute Gasteiger partial charge is 0.269 e. The van der Waals surface area contributed by atoms with Crippen molar-refractivity contribution in [2.45, 2.75) is 26.7 Å². The second-order valence-electron chi connectivity index (χ2n) is 6.06. The molecule has 0 atom stereocenters. The summed E-state index contributed by atoms with van der Waals surface area (Å²) in [5, 5.41) is 0. The molecule has 23 heavy (non-hydrogen) atoms. The van der Waals surface area contributed by atoms with E-state index in [1.807, 2.05) is 19.9 Å². The summed E-state index contributed by atoms with van der Waals surface area (Å²) in [6, 6.07) is 8.70. The molecule has 0 spiro atoms. The average molecular weight is 317 g/mol. The first-order valence-electron chi connectivity index (χ1n) is 7.93. The Labute approximate surface area is 136 Å². The van der Waals surface area contributed by atoms with E-state index in [-0.39, 0.29) is 29.6 Å². The van der Waals surface area contributed by atoms with E-state index in [2.05, 4.69) is 10.9 Å². The molecule has 6 heteroatoms. The van der Waals surface area contributed by atoms with Crippen molar-refractivity contribution in [3.05, 3.63) is 35.9 Å². The summed E-state index contributed by atoms with van der Waals surface area (Å²) < 4.78 is 0. The summed E-state index contributed by atoms with van der Waals surface area (Å²) in [4.78, 5) is 37.7. The molecule has 3 amide bonds. The van der Waals surface area contributed by atoms with E-state index in [1.54, 1.807) is 29.2 Å². The minimum Gasteiger partial charge on any atom is -0.342 e. The Balaban J connectivity index is 1.77. The summed E-state index contributed by atoms with van der Waals surface area (Å²) in [7, 11) is 0. The molecule has 124 valence electrons. The minimum absolute atomic E-state index is 0.0227. The second-order valence-corrected chi connectivity index (χ2v) is 6.06. The Kier molecular flexibility index (Phi) is 5.73. The monoisotopic (exact) mass is 317 g/mol. The summed E-state index contributed by atoms with van der Waals surface area (Å²) in [6.45, 7) is 4.92. The van der Waals surface area contributed by atoms with Gasteiger partial charge in [0, 0.05) is 30.5 Å². The van der Waals surface area contributed by atoms with Crippen molar-refractivity contribution in [3.8, 4) is 0 Å². The van der Waals surface area contributed by atoms with Crippen LogP contribution in [0.25, 0.3) is 0 Å². The molecule has 6 nitrogen and oxygen atoms in total. The fourth-order valence-corrected chi connectivity index (χ4v) is 2.61. The van der Waals surface area contributed by atoms with Crippen LogP contribution in [0.2, 0.25) is 0 Å². The lowest BCUT2D eigenvalue weighted by Gasteiger charge is -2.32. The molecule has 1 aromatic rings. The van der Waals surface area contributed by atoms with E-state index in [1.165, 1.54) is 0 Å². The van der Waals surface area contributed by atoms with Gasteiger partial charge in [0.25, 0.3) is 5.91 Å². The van der Waals surface area contributed by atoms with Gasteiger partial charge >= 0.3 is 0 Å². The van der Waals surface area contributed by atoms with Crippen LogP contribution in [0.4, 0.5) is 0 Å². The third-order valence-electron chi connectivity index (χ3n) is 4.01. The molecule has 0 saturated carbocycles. The van der Waals surface area contributed by atoms with Crippen LogP contribution in [0.5, 0.6) is 0 Å². The molecule has 0 aromatic heterocycles. The number of hydrogen-bond acceptors (Lipinski definition) is 3. The lowest BCUT2D eigenvalue weighted by molar-refractivity contribution is -0.138. The van der Waals surface area contributed by atoms with E-state index in [0.29, 0.717) is 31.5 Å². The number of carbonyl (C=O) groups excluding carboxylic acids is 3. The number of piperidine rings is 1. The van der Waals surface area contributed by atoms with Crippen molar-refractivity contribution in [3.63, 3.8) is 0 Å². The first-order chi connectivity index (χ1) is 11.0. The summed E-state index contributed by atoms with van der Waals surface area (Å²) in [5.41, 5.74) is 5.40. The molecular weight excluding hydrogens is 294 g/mol. The number of carbonyl (C=O) groups is 3. The molecule has 0 aliphatic carbocycles. The molecule has 0 bridgehead atoms. The summed E-state index contributed by atoms with van der Waals surface area (Å²) >= 11 is 0. The van der Waals surface area contributed by atoms with Crippen LogP contribution < -0.4 is 10.9 Å². The number of nitrogens with zero attached hydrogens (tertiary/aromatic N) is 1. The van der Waals surface area contributed by atoms with Crippen molar-refractivity contribution < 1.29 is 14.4 Å². The normalized spacial score (nSPS) is 15.3. The molecule has 1 saturated heterocycles. The fourth-order valence-electron chi connectivity index (χ4n) is 2.61. The first kappa shape index (κ1) is 17.0. The van der Waals surface area contributed by atoms with E-state index in [0.717, 1.165) is 0 Å². The van der Waals surface area contributed by atoms with Gasteiger partial charge in [-0.15, -0.1) is 0 Å². The molecule has 1 heterocycles. The minimum atomic E-state index is -0.341. The van der Waals surface area contributed by atoms with Crippen LogP contribution >= 0.6 is 0 Å². The third kappa shape index (κ3) is 4.55. The maximum atomic E-state index is 12.1. The molecule has 0 radical (unpaired) electrons. The number of likely N-dealkylation sites (tertiary alicyclic amines) is 1. The van der Waals surface area contributed by atoms with Gasteiger partial charge in [-0.2, -0.15) is 0 Å². The zero-order valence-electron chi connectivity index (χ0n) is 13.5. The van der Waals surface area contributed by atoms with Gasteiger partial charge in [0.1, 0.15) is 0 Å². The Morgan fingerprint density at radius 2 is 1.65 bits per heavy atom. The number of nitrogens with one attached hydrogen (secondary N) is 2. The summed E-state index contributed by atoms with van der Waals surface area (Å²) in [6.07, 6.45) is 1.23. The van der Waals surface area contributed by atoms with Crippen molar-refractivity contribution in [2.24, 2.45) is 11.8 Å². The van der Waals surface area contributed by atoms with Crippen LogP contribution in [-0.4, -0.2) is 35.7 Å². The van der Waals surface area contributed by atoms with Crippen molar-refractivity contribution in [2.75, 3.05) is 13.1 Å². The number of benzene rings is 1. The highest BCUT2D eigenvalue weighted by Crippen LogP contribution is 2.18. The molecule has 1 aliphatic heterocycles. The van der Waals surface area contributed by atoms with Crippen LogP contribution in [-0.2, 0) is 9.59 Å². The zero-order chi connectivity index (χ0) is 16.8. The zero-order valence-corrected chi connectivity index (χ0v) is 13.5. The predicted molar refractivity (Wildman–Crippen MR) is 86.2 cm³/mol.